The van der Waals surface area contributed by atoms with Crippen LogP contribution in [0, 0.1) is 0 Å². The van der Waals surface area contributed by atoms with Gasteiger partial charge in [-0.3, -0.25) is 0 Å². The number of nitrogens with zero attached hydrogens (tertiary/aromatic N) is 2. The minimum atomic E-state index is 0.0372. The van der Waals surface area contributed by atoms with Gasteiger partial charge in [-0.1, -0.05) is 72.8 Å². The van der Waals surface area contributed by atoms with Crippen molar-refractivity contribution in [3.63, 3.8) is 0 Å². The smallest absolute Gasteiger partial charge is 0.255 e. The highest BCUT2D eigenvalue weighted by Gasteiger charge is 2.38. The lowest BCUT2D eigenvalue weighted by Crippen LogP contribution is -2.30. The third-order valence-electron chi connectivity index (χ3n) is 8.68. The van der Waals surface area contributed by atoms with Crippen molar-refractivity contribution in [2.24, 2.45) is 0 Å². The van der Waals surface area contributed by atoms with E-state index in [4.69, 9.17) is 8.83 Å². The lowest BCUT2D eigenvalue weighted by Gasteiger charge is -2.24. The second-order valence-electron chi connectivity index (χ2n) is 10.7. The summed E-state index contributed by atoms with van der Waals surface area (Å²) in [5, 5.41) is 6.99. The van der Waals surface area contributed by atoms with Crippen molar-refractivity contribution in [3.05, 3.63) is 121 Å². The first-order valence-corrected chi connectivity index (χ1v) is 13.7. The van der Waals surface area contributed by atoms with E-state index in [-0.39, 0.29) is 6.04 Å². The Morgan fingerprint density at radius 3 is 2.17 bits per heavy atom. The van der Waals surface area contributed by atoms with Crippen LogP contribution >= 0.6 is 0 Å². The Labute approximate surface area is 227 Å². The van der Waals surface area contributed by atoms with Crippen LogP contribution in [-0.4, -0.2) is 10.3 Å². The second kappa shape index (κ2) is 7.19. The van der Waals surface area contributed by atoms with Crippen molar-refractivity contribution >= 4 is 82.8 Å². The quantitative estimate of drug-likeness (QED) is 0.205. The maximum absolute atomic E-state index is 6.53. The Balaban J connectivity index is 1.35. The molecule has 4 heterocycles. The van der Waals surface area contributed by atoms with Crippen molar-refractivity contribution in [1.82, 2.24) is 9.14 Å². The first-order chi connectivity index (χ1) is 19.8. The molecule has 1 aliphatic heterocycles. The highest BCUT2D eigenvalue weighted by molar-refractivity contribution is 6.22. The summed E-state index contributed by atoms with van der Waals surface area (Å²) >= 11 is 0. The number of allylic oxidation sites excluding steroid dienone is 4. The van der Waals surface area contributed by atoms with Crippen LogP contribution in [0.2, 0.25) is 0 Å². The fraction of sp³-hybridized carbons (Fsp3) is 0.0278. The van der Waals surface area contributed by atoms with E-state index in [9.17, 15) is 0 Å². The number of hydrogen-bond donors (Lipinski definition) is 0. The fourth-order valence-corrected chi connectivity index (χ4v) is 7.03. The van der Waals surface area contributed by atoms with Crippen molar-refractivity contribution in [1.29, 1.82) is 0 Å². The van der Waals surface area contributed by atoms with E-state index in [1.54, 1.807) is 0 Å². The topological polar surface area (TPSA) is 34.2 Å². The largest absolute Gasteiger partial charge is 0.456 e. The van der Waals surface area contributed by atoms with Crippen LogP contribution in [0.25, 0.3) is 65.7 Å². The van der Waals surface area contributed by atoms with Crippen LogP contribution in [0.4, 0.5) is 11.4 Å². The summed E-state index contributed by atoms with van der Waals surface area (Å²) in [6.45, 7) is 0. The third kappa shape index (κ3) is 2.45. The standard InChI is InChI=1S/C36H21N2O2/c1-6-18-33-21(9-1)24-12-8-16-30(36(24)40-33)37-27-13-3-4-14-28(27)38-31-19-26-22-10-2-5-17-32(22)39-34(26)20-25(31)23-11-7-15-29(37)35(23)38/h1-20,28H/q+1. The van der Waals surface area contributed by atoms with E-state index < -0.39 is 0 Å². The molecule has 0 saturated carbocycles. The molecule has 4 nitrogen and oxygen atoms in total. The van der Waals surface area contributed by atoms with Gasteiger partial charge in [0.2, 0.25) is 17.0 Å². The molecule has 0 N–H and O–H groups in total. The monoisotopic (exact) mass is 513 g/mol. The van der Waals surface area contributed by atoms with Crippen molar-refractivity contribution < 1.29 is 8.83 Å². The van der Waals surface area contributed by atoms with Gasteiger partial charge in [-0.05, 0) is 30.3 Å². The van der Waals surface area contributed by atoms with Crippen molar-refractivity contribution in [2.75, 3.05) is 0 Å². The summed E-state index contributed by atoms with van der Waals surface area (Å²) in [5.41, 5.74) is 9.49. The summed E-state index contributed by atoms with van der Waals surface area (Å²) in [4.78, 5) is 0. The number of para-hydroxylation sites is 4. The number of rotatable bonds is 1. The number of benzene rings is 5. The zero-order valence-electron chi connectivity index (χ0n) is 21.3. The van der Waals surface area contributed by atoms with Crippen molar-refractivity contribution in [2.45, 2.75) is 6.04 Å². The maximum atomic E-state index is 6.53. The summed E-state index contributed by atoms with van der Waals surface area (Å²) in [6.07, 6.45) is 8.83. The molecule has 10 rings (SSSR count). The molecule has 8 aromatic rings. The van der Waals surface area contributed by atoms with E-state index in [0.717, 1.165) is 55.3 Å². The molecular weight excluding hydrogens is 492 g/mol. The lowest BCUT2D eigenvalue weighted by molar-refractivity contribution is 0.665. The SMILES string of the molecule is C1=CC2=[N+](c3cccc4c3oc3ccccc34)c3cccc4c5cc6oc7ccccc7c6cc5n(c34)C2C=C1. The molecule has 3 aromatic heterocycles. The Bertz CT molecular complexity index is 2500. The van der Waals surface area contributed by atoms with Gasteiger partial charge in [-0.2, -0.15) is 4.58 Å². The third-order valence-corrected chi connectivity index (χ3v) is 8.68. The van der Waals surface area contributed by atoms with E-state index in [2.05, 4.69) is 106 Å². The average Bonchev–Trinajstić information content (AvgIpc) is 3.67. The Kier molecular flexibility index (Phi) is 3.70. The van der Waals surface area contributed by atoms with Gasteiger partial charge in [-0.25, -0.2) is 0 Å². The van der Waals surface area contributed by atoms with Gasteiger partial charge in [0.25, 0.3) is 5.69 Å². The van der Waals surface area contributed by atoms with Crippen LogP contribution < -0.4 is 4.58 Å². The minimum Gasteiger partial charge on any atom is -0.456 e. The van der Waals surface area contributed by atoms with Gasteiger partial charge in [0, 0.05) is 50.5 Å². The van der Waals surface area contributed by atoms with E-state index >= 15 is 0 Å². The Morgan fingerprint density at radius 2 is 1.30 bits per heavy atom. The number of hydrogen-bond acceptors (Lipinski definition) is 2. The van der Waals surface area contributed by atoms with Crippen LogP contribution in [0.1, 0.15) is 6.04 Å². The molecule has 2 aliphatic rings. The Morgan fingerprint density at radius 1 is 0.575 bits per heavy atom. The molecule has 186 valence electrons. The summed E-state index contributed by atoms with van der Waals surface area (Å²) in [6, 6.07) is 34.3. The number of fused-ring (bicyclic) bond motifs is 11. The predicted octanol–water partition coefficient (Wildman–Crippen LogP) is 9.55. The number of furan rings is 2. The predicted molar refractivity (Wildman–Crippen MR) is 164 cm³/mol. The normalized spacial score (nSPS) is 16.4. The van der Waals surface area contributed by atoms with Gasteiger partial charge in [0.05, 0.1) is 5.52 Å². The average molecular weight is 514 g/mol. The first-order valence-electron chi connectivity index (χ1n) is 13.7. The van der Waals surface area contributed by atoms with Gasteiger partial charge >= 0.3 is 0 Å². The molecule has 0 amide bonds. The molecule has 0 bridgehead atoms. The zero-order chi connectivity index (χ0) is 25.9. The van der Waals surface area contributed by atoms with Gasteiger partial charge in [-0.15, -0.1) is 0 Å². The molecule has 1 unspecified atom stereocenters. The molecule has 0 fully saturated rings. The Hall–Kier alpha value is -5.35. The fourth-order valence-electron chi connectivity index (χ4n) is 7.03. The van der Waals surface area contributed by atoms with Crippen molar-refractivity contribution in [3.8, 4) is 0 Å². The van der Waals surface area contributed by atoms with E-state index in [0.29, 0.717) is 0 Å². The summed E-state index contributed by atoms with van der Waals surface area (Å²) in [5.74, 6) is 0. The molecule has 1 aliphatic carbocycles. The van der Waals surface area contributed by atoms with Gasteiger partial charge in [0.1, 0.15) is 28.3 Å². The molecule has 0 radical (unpaired) electrons. The first kappa shape index (κ1) is 20.6. The van der Waals surface area contributed by atoms with Gasteiger partial charge in [0.15, 0.2) is 0 Å². The van der Waals surface area contributed by atoms with Gasteiger partial charge < -0.3 is 13.4 Å². The van der Waals surface area contributed by atoms with Crippen LogP contribution in [0.3, 0.4) is 0 Å². The molecular formula is C36H21N2O2+. The minimum absolute atomic E-state index is 0.0372. The summed E-state index contributed by atoms with van der Waals surface area (Å²) in [7, 11) is 0. The van der Waals surface area contributed by atoms with E-state index in [1.807, 2.05) is 24.3 Å². The maximum Gasteiger partial charge on any atom is 0.255 e. The molecule has 1 atom stereocenters. The van der Waals surface area contributed by atoms with Crippen LogP contribution in [0.15, 0.2) is 130 Å². The summed E-state index contributed by atoms with van der Waals surface area (Å²) < 4.78 is 17.7. The highest BCUT2D eigenvalue weighted by Crippen LogP contribution is 2.46. The molecule has 40 heavy (non-hydrogen) atoms. The van der Waals surface area contributed by atoms with Crippen LogP contribution in [0.5, 0.6) is 0 Å². The van der Waals surface area contributed by atoms with Crippen LogP contribution in [-0.2, 0) is 0 Å². The lowest BCUT2D eigenvalue weighted by atomic mass is 10.0. The number of aromatic nitrogens is 1. The molecule has 0 saturated heterocycles. The zero-order valence-corrected chi connectivity index (χ0v) is 21.3. The second-order valence-corrected chi connectivity index (χ2v) is 10.7. The highest BCUT2D eigenvalue weighted by atomic mass is 16.3. The molecule has 5 aromatic carbocycles. The van der Waals surface area contributed by atoms with E-state index in [1.165, 1.54) is 27.5 Å². The molecule has 0 spiro atoms. The molecule has 4 heteroatoms.